The predicted octanol–water partition coefficient (Wildman–Crippen LogP) is 1.48. The van der Waals surface area contributed by atoms with Gasteiger partial charge in [-0.25, -0.2) is 0 Å². The average Bonchev–Trinajstić information content (AvgIpc) is 2.74. The summed E-state index contributed by atoms with van der Waals surface area (Å²) in [6.07, 6.45) is 4.17. The van der Waals surface area contributed by atoms with Crippen LogP contribution in [0.2, 0.25) is 0 Å². The van der Waals surface area contributed by atoms with E-state index in [9.17, 15) is 5.11 Å². The Kier molecular flexibility index (Phi) is 4.34. The maximum absolute atomic E-state index is 9.67. The van der Waals surface area contributed by atoms with Gasteiger partial charge in [-0.2, -0.15) is 0 Å². The van der Waals surface area contributed by atoms with Gasteiger partial charge in [0.05, 0.1) is 18.0 Å². The third-order valence-corrected chi connectivity index (χ3v) is 3.06. The lowest BCUT2D eigenvalue weighted by atomic mass is 10.2. The van der Waals surface area contributed by atoms with Gasteiger partial charge < -0.3 is 15.2 Å². The molecule has 1 aliphatic carbocycles. The first-order valence-corrected chi connectivity index (χ1v) is 6.30. The zero-order chi connectivity index (χ0) is 12.1. The van der Waals surface area contributed by atoms with Crippen LogP contribution in [0.1, 0.15) is 31.9 Å². The number of nitrogens with one attached hydrogen (secondary N) is 1. The molecular formula is C13H20N2O2. The summed E-state index contributed by atoms with van der Waals surface area (Å²) in [4.78, 5) is 4.31. The van der Waals surface area contributed by atoms with Crippen molar-refractivity contribution in [3.8, 4) is 5.75 Å². The first-order chi connectivity index (χ1) is 8.29. The Balaban J connectivity index is 1.89. The van der Waals surface area contributed by atoms with Gasteiger partial charge in [0.25, 0.3) is 0 Å². The van der Waals surface area contributed by atoms with E-state index in [0.29, 0.717) is 0 Å². The van der Waals surface area contributed by atoms with Gasteiger partial charge in [0, 0.05) is 6.54 Å². The van der Waals surface area contributed by atoms with Gasteiger partial charge >= 0.3 is 0 Å². The molecular weight excluding hydrogens is 216 g/mol. The fourth-order valence-corrected chi connectivity index (χ4v) is 2.06. The smallest absolute Gasteiger partial charge is 0.138 e. The first kappa shape index (κ1) is 12.3. The molecule has 1 aliphatic rings. The molecule has 2 atom stereocenters. The highest BCUT2D eigenvalue weighted by molar-refractivity contribution is 5.20. The van der Waals surface area contributed by atoms with E-state index in [0.717, 1.165) is 43.8 Å². The molecule has 4 nitrogen and oxygen atoms in total. The Labute approximate surface area is 102 Å². The van der Waals surface area contributed by atoms with E-state index >= 15 is 0 Å². The van der Waals surface area contributed by atoms with Crippen molar-refractivity contribution in [2.45, 2.75) is 44.9 Å². The molecule has 0 radical (unpaired) electrons. The molecule has 4 heteroatoms. The molecule has 17 heavy (non-hydrogen) atoms. The number of aliphatic hydroxyl groups is 1. The van der Waals surface area contributed by atoms with Crippen molar-refractivity contribution in [3.05, 3.63) is 24.0 Å². The van der Waals surface area contributed by atoms with Crippen LogP contribution in [0.3, 0.4) is 0 Å². The molecule has 94 valence electrons. The lowest BCUT2D eigenvalue weighted by molar-refractivity contribution is 0.0601. The van der Waals surface area contributed by atoms with Gasteiger partial charge in [-0.05, 0) is 37.9 Å². The number of hydrogen-bond acceptors (Lipinski definition) is 4. The highest BCUT2D eigenvalue weighted by atomic mass is 16.5. The fourth-order valence-electron chi connectivity index (χ4n) is 2.06. The summed E-state index contributed by atoms with van der Waals surface area (Å²) in [7, 11) is 0. The van der Waals surface area contributed by atoms with Crippen LogP contribution in [-0.2, 0) is 6.54 Å². The summed E-state index contributed by atoms with van der Waals surface area (Å²) in [6, 6.07) is 3.88. The van der Waals surface area contributed by atoms with Crippen molar-refractivity contribution in [2.75, 3.05) is 6.54 Å². The number of pyridine rings is 1. The third kappa shape index (κ3) is 3.41. The van der Waals surface area contributed by atoms with Gasteiger partial charge in [-0.15, -0.1) is 0 Å². The molecule has 0 aromatic carbocycles. The molecule has 0 spiro atoms. The largest absolute Gasteiger partial charge is 0.486 e. The minimum atomic E-state index is -0.323. The predicted molar refractivity (Wildman–Crippen MR) is 65.9 cm³/mol. The molecule has 2 N–H and O–H groups in total. The van der Waals surface area contributed by atoms with Crippen LogP contribution in [0.4, 0.5) is 0 Å². The lowest BCUT2D eigenvalue weighted by Crippen LogP contribution is -2.25. The van der Waals surface area contributed by atoms with Crippen LogP contribution in [0.15, 0.2) is 18.3 Å². The number of aromatic nitrogens is 1. The Morgan fingerprint density at radius 2 is 2.35 bits per heavy atom. The normalized spacial score (nSPS) is 23.9. The minimum Gasteiger partial charge on any atom is -0.486 e. The van der Waals surface area contributed by atoms with E-state index in [2.05, 4.69) is 17.2 Å². The van der Waals surface area contributed by atoms with Crippen molar-refractivity contribution in [2.24, 2.45) is 0 Å². The molecule has 1 fully saturated rings. The second-order valence-electron chi connectivity index (χ2n) is 4.42. The molecule has 1 aromatic rings. The zero-order valence-corrected chi connectivity index (χ0v) is 10.2. The van der Waals surface area contributed by atoms with Gasteiger partial charge in [-0.3, -0.25) is 4.98 Å². The van der Waals surface area contributed by atoms with Crippen LogP contribution in [0.5, 0.6) is 5.75 Å². The van der Waals surface area contributed by atoms with E-state index in [1.807, 2.05) is 12.1 Å². The average molecular weight is 236 g/mol. The summed E-state index contributed by atoms with van der Waals surface area (Å²) < 4.78 is 5.71. The third-order valence-electron chi connectivity index (χ3n) is 3.06. The number of rotatable bonds is 5. The van der Waals surface area contributed by atoms with E-state index < -0.39 is 0 Å². The number of nitrogens with zero attached hydrogens (tertiary/aromatic N) is 1. The van der Waals surface area contributed by atoms with Crippen molar-refractivity contribution < 1.29 is 9.84 Å². The molecule has 1 aromatic heterocycles. The fraction of sp³-hybridized carbons (Fsp3) is 0.615. The topological polar surface area (TPSA) is 54.4 Å². The second-order valence-corrected chi connectivity index (χ2v) is 4.42. The molecule has 0 bridgehead atoms. The van der Waals surface area contributed by atoms with E-state index in [1.54, 1.807) is 6.20 Å². The number of ether oxygens (including phenoxy) is 1. The highest BCUT2D eigenvalue weighted by Crippen LogP contribution is 2.24. The van der Waals surface area contributed by atoms with Crippen molar-refractivity contribution in [1.29, 1.82) is 0 Å². The summed E-state index contributed by atoms with van der Waals surface area (Å²) >= 11 is 0. The number of hydrogen-bond donors (Lipinski definition) is 2. The zero-order valence-electron chi connectivity index (χ0n) is 10.2. The summed E-state index contributed by atoms with van der Waals surface area (Å²) in [6.45, 7) is 3.79. The van der Waals surface area contributed by atoms with Crippen molar-refractivity contribution in [3.63, 3.8) is 0 Å². The maximum Gasteiger partial charge on any atom is 0.138 e. The van der Waals surface area contributed by atoms with E-state index in [-0.39, 0.29) is 12.2 Å². The number of aliphatic hydroxyl groups excluding tert-OH is 1. The summed E-state index contributed by atoms with van der Waals surface area (Å²) in [5.74, 6) is 0.746. The van der Waals surface area contributed by atoms with Gasteiger partial charge in [0.1, 0.15) is 11.9 Å². The SMILES string of the molecule is CCNCc1ccc(OC2CCCC2O)cn1. The monoisotopic (exact) mass is 236 g/mol. The molecule has 1 saturated carbocycles. The van der Waals surface area contributed by atoms with Gasteiger partial charge in [0.15, 0.2) is 0 Å². The molecule has 2 unspecified atom stereocenters. The highest BCUT2D eigenvalue weighted by Gasteiger charge is 2.26. The van der Waals surface area contributed by atoms with Crippen LogP contribution in [0.25, 0.3) is 0 Å². The van der Waals surface area contributed by atoms with Gasteiger partial charge in [0.2, 0.25) is 0 Å². The van der Waals surface area contributed by atoms with Crippen LogP contribution < -0.4 is 10.1 Å². The first-order valence-electron chi connectivity index (χ1n) is 6.30. The Morgan fingerprint density at radius 1 is 1.47 bits per heavy atom. The standard InChI is InChI=1S/C13H20N2O2/c1-2-14-8-10-6-7-11(9-15-10)17-13-5-3-4-12(13)16/h6-7,9,12-14,16H,2-5,8H2,1H3. The quantitative estimate of drug-likeness (QED) is 0.813. The van der Waals surface area contributed by atoms with E-state index in [4.69, 9.17) is 4.74 Å². The summed E-state index contributed by atoms with van der Waals surface area (Å²) in [5.41, 5.74) is 1.01. The minimum absolute atomic E-state index is 0.0589. The Bertz CT molecular complexity index is 340. The van der Waals surface area contributed by atoms with Crippen LogP contribution in [-0.4, -0.2) is 28.8 Å². The Morgan fingerprint density at radius 3 is 2.94 bits per heavy atom. The molecule has 2 rings (SSSR count). The molecule has 0 amide bonds. The lowest BCUT2D eigenvalue weighted by Gasteiger charge is -2.16. The molecule has 1 heterocycles. The van der Waals surface area contributed by atoms with E-state index in [1.165, 1.54) is 0 Å². The molecule has 0 saturated heterocycles. The van der Waals surface area contributed by atoms with Crippen molar-refractivity contribution in [1.82, 2.24) is 10.3 Å². The van der Waals surface area contributed by atoms with Crippen LogP contribution in [0, 0.1) is 0 Å². The second kappa shape index (κ2) is 5.98. The maximum atomic E-state index is 9.67. The van der Waals surface area contributed by atoms with Crippen LogP contribution >= 0.6 is 0 Å². The van der Waals surface area contributed by atoms with Gasteiger partial charge in [-0.1, -0.05) is 6.92 Å². The summed E-state index contributed by atoms with van der Waals surface area (Å²) in [5, 5.41) is 12.9. The Hall–Kier alpha value is -1.13. The molecule has 0 aliphatic heterocycles. The van der Waals surface area contributed by atoms with Crippen molar-refractivity contribution >= 4 is 0 Å².